The topological polar surface area (TPSA) is 118 Å². The van der Waals surface area contributed by atoms with Crippen molar-refractivity contribution >= 4 is 29.3 Å². The summed E-state index contributed by atoms with van der Waals surface area (Å²) in [4.78, 5) is 37.4. The maximum Gasteiger partial charge on any atom is 0.326 e. The molecule has 20 heavy (non-hydrogen) atoms. The number of nitrogens with zero attached hydrogens (tertiary/aromatic N) is 1. The lowest BCUT2D eigenvalue weighted by molar-refractivity contribution is -0.142. The Morgan fingerprint density at radius 2 is 2.25 bits per heavy atom. The van der Waals surface area contributed by atoms with Crippen LogP contribution in [0.1, 0.15) is 18.5 Å². The fraction of sp³-hybridized carbons (Fsp3) is 0.455. The van der Waals surface area contributed by atoms with Crippen molar-refractivity contribution in [3.05, 3.63) is 16.6 Å². The van der Waals surface area contributed by atoms with Gasteiger partial charge in [0.25, 0.3) is 0 Å². The molecule has 0 saturated carbocycles. The minimum atomic E-state index is -1.21. The largest absolute Gasteiger partial charge is 0.480 e. The summed E-state index contributed by atoms with van der Waals surface area (Å²) in [5.41, 5.74) is 2.32. The number of hydrogen-bond acceptors (Lipinski definition) is 6. The summed E-state index contributed by atoms with van der Waals surface area (Å²) in [5.74, 6) is -1.74. The zero-order valence-electron chi connectivity index (χ0n) is 10.8. The van der Waals surface area contributed by atoms with Crippen LogP contribution in [0, 0.1) is 0 Å². The molecule has 0 aromatic carbocycles. The predicted octanol–water partition coefficient (Wildman–Crippen LogP) is 0.349. The highest BCUT2D eigenvalue weighted by Gasteiger charge is 2.21. The number of carboxylic acids is 1. The van der Waals surface area contributed by atoms with Gasteiger partial charge in [-0.15, -0.1) is 11.3 Å². The van der Waals surface area contributed by atoms with Crippen molar-refractivity contribution in [3.63, 3.8) is 0 Å². The molecule has 110 valence electrons. The van der Waals surface area contributed by atoms with Gasteiger partial charge in [0, 0.05) is 11.8 Å². The lowest BCUT2D eigenvalue weighted by Crippen LogP contribution is -2.46. The van der Waals surface area contributed by atoms with E-state index in [4.69, 9.17) is 5.11 Å². The molecule has 0 aliphatic rings. The van der Waals surface area contributed by atoms with E-state index in [0.717, 1.165) is 0 Å². The number of carbonyl (C=O) groups is 3. The van der Waals surface area contributed by atoms with Gasteiger partial charge in [0.15, 0.2) is 0 Å². The van der Waals surface area contributed by atoms with Gasteiger partial charge in [-0.2, -0.15) is 0 Å². The predicted molar refractivity (Wildman–Crippen MR) is 70.2 cm³/mol. The highest BCUT2D eigenvalue weighted by molar-refractivity contribution is 7.07. The molecule has 0 saturated heterocycles. The molecule has 0 aliphatic carbocycles. The Morgan fingerprint density at radius 3 is 2.80 bits per heavy atom. The Hall–Kier alpha value is -2.16. The summed E-state index contributed by atoms with van der Waals surface area (Å²) >= 11 is 1.40. The number of hydrogen-bond donors (Lipinski definition) is 3. The number of urea groups is 1. The molecule has 1 atom stereocenters. The lowest BCUT2D eigenvalue weighted by atomic mass is 10.1. The zero-order valence-corrected chi connectivity index (χ0v) is 11.6. The number of aliphatic carboxylic acids is 1. The van der Waals surface area contributed by atoms with Crippen LogP contribution >= 0.6 is 11.3 Å². The second kappa shape index (κ2) is 8.10. The number of ether oxygens (including phenoxy) is 1. The Morgan fingerprint density at radius 1 is 1.50 bits per heavy atom. The van der Waals surface area contributed by atoms with Crippen LogP contribution < -0.4 is 10.6 Å². The van der Waals surface area contributed by atoms with Crippen LogP contribution in [-0.2, 0) is 20.9 Å². The van der Waals surface area contributed by atoms with Gasteiger partial charge in [-0.25, -0.2) is 14.6 Å². The molecule has 9 heteroatoms. The number of methoxy groups -OCH3 is 1. The Labute approximate surface area is 119 Å². The second-order valence-electron chi connectivity index (χ2n) is 3.81. The molecule has 1 aromatic heterocycles. The summed E-state index contributed by atoms with van der Waals surface area (Å²) in [6.07, 6.45) is -0.119. The van der Waals surface area contributed by atoms with E-state index in [1.165, 1.54) is 18.4 Å². The molecule has 0 radical (unpaired) electrons. The standard InChI is InChI=1S/C11H15N3O5S/c1-19-9(15)3-2-8(10(16)17)14-11(18)12-4-7-5-20-6-13-7/h5-6,8H,2-4H2,1H3,(H,16,17)(H2,12,14,18)/t8-/m1/s1. The van der Waals surface area contributed by atoms with Gasteiger partial charge in [0.2, 0.25) is 0 Å². The smallest absolute Gasteiger partial charge is 0.326 e. The van der Waals surface area contributed by atoms with E-state index in [0.29, 0.717) is 5.69 Å². The van der Waals surface area contributed by atoms with Crippen LogP contribution in [0.4, 0.5) is 4.79 Å². The van der Waals surface area contributed by atoms with E-state index in [1.807, 2.05) is 0 Å². The molecule has 1 aromatic rings. The highest BCUT2D eigenvalue weighted by Crippen LogP contribution is 2.01. The fourth-order valence-electron chi connectivity index (χ4n) is 1.33. The van der Waals surface area contributed by atoms with Crippen molar-refractivity contribution in [2.45, 2.75) is 25.4 Å². The molecule has 1 heterocycles. The van der Waals surface area contributed by atoms with Crippen molar-refractivity contribution in [1.29, 1.82) is 0 Å². The van der Waals surface area contributed by atoms with E-state index in [9.17, 15) is 14.4 Å². The molecule has 1 rings (SSSR count). The van der Waals surface area contributed by atoms with Crippen molar-refractivity contribution in [1.82, 2.24) is 15.6 Å². The molecule has 0 bridgehead atoms. The van der Waals surface area contributed by atoms with Crippen LogP contribution in [0.2, 0.25) is 0 Å². The lowest BCUT2D eigenvalue weighted by Gasteiger charge is -2.14. The van der Waals surface area contributed by atoms with Crippen molar-refractivity contribution in [2.75, 3.05) is 7.11 Å². The molecular weight excluding hydrogens is 286 g/mol. The average molecular weight is 301 g/mol. The van der Waals surface area contributed by atoms with Crippen LogP contribution in [0.5, 0.6) is 0 Å². The van der Waals surface area contributed by atoms with Crippen LogP contribution in [0.3, 0.4) is 0 Å². The van der Waals surface area contributed by atoms with Gasteiger partial charge in [0.1, 0.15) is 6.04 Å². The van der Waals surface area contributed by atoms with Gasteiger partial charge in [0.05, 0.1) is 24.9 Å². The van der Waals surface area contributed by atoms with Crippen LogP contribution in [0.15, 0.2) is 10.9 Å². The average Bonchev–Trinajstić information content (AvgIpc) is 2.93. The molecule has 3 N–H and O–H groups in total. The van der Waals surface area contributed by atoms with Crippen molar-refractivity contribution in [3.8, 4) is 0 Å². The minimum Gasteiger partial charge on any atom is -0.480 e. The summed E-state index contributed by atoms with van der Waals surface area (Å²) in [6, 6.07) is -1.78. The molecule has 2 amide bonds. The van der Waals surface area contributed by atoms with Crippen LogP contribution in [-0.4, -0.2) is 41.2 Å². The normalized spacial score (nSPS) is 11.4. The monoisotopic (exact) mass is 301 g/mol. The first-order valence-electron chi connectivity index (χ1n) is 5.74. The summed E-state index contributed by atoms with van der Waals surface area (Å²) in [6.45, 7) is 0.207. The fourth-order valence-corrected chi connectivity index (χ4v) is 1.88. The number of thiazole rings is 1. The van der Waals surface area contributed by atoms with E-state index in [1.54, 1.807) is 10.9 Å². The van der Waals surface area contributed by atoms with Crippen LogP contribution in [0.25, 0.3) is 0 Å². The first kappa shape index (κ1) is 15.9. The van der Waals surface area contributed by atoms with Crippen molar-refractivity contribution in [2.24, 2.45) is 0 Å². The van der Waals surface area contributed by atoms with Gasteiger partial charge in [-0.05, 0) is 6.42 Å². The third kappa shape index (κ3) is 5.65. The number of rotatable bonds is 7. The molecule has 0 unspecified atom stereocenters. The number of amides is 2. The first-order valence-corrected chi connectivity index (χ1v) is 6.68. The van der Waals surface area contributed by atoms with E-state index < -0.39 is 24.0 Å². The third-order valence-electron chi connectivity index (χ3n) is 2.38. The molecule has 0 spiro atoms. The van der Waals surface area contributed by atoms with E-state index in [-0.39, 0.29) is 19.4 Å². The SMILES string of the molecule is COC(=O)CC[C@@H](NC(=O)NCc1cscn1)C(=O)O. The molecule has 0 fully saturated rings. The quantitative estimate of drug-likeness (QED) is 0.625. The van der Waals surface area contributed by atoms with Gasteiger partial charge < -0.3 is 20.5 Å². The second-order valence-corrected chi connectivity index (χ2v) is 4.53. The maximum absolute atomic E-state index is 11.5. The summed E-state index contributed by atoms with van der Waals surface area (Å²) < 4.78 is 4.41. The number of carbonyl (C=O) groups excluding carboxylic acids is 2. The summed E-state index contributed by atoms with van der Waals surface area (Å²) in [7, 11) is 1.21. The number of aromatic nitrogens is 1. The van der Waals surface area contributed by atoms with E-state index in [2.05, 4.69) is 20.4 Å². The van der Waals surface area contributed by atoms with E-state index >= 15 is 0 Å². The summed E-state index contributed by atoms with van der Waals surface area (Å²) in [5, 5.41) is 15.5. The molecular formula is C11H15N3O5S. The Balaban J connectivity index is 2.38. The maximum atomic E-state index is 11.5. The van der Waals surface area contributed by atoms with Gasteiger partial charge in [-0.1, -0.05) is 0 Å². The van der Waals surface area contributed by atoms with Gasteiger partial charge in [-0.3, -0.25) is 4.79 Å². The number of carboxylic acid groups (broad SMARTS) is 1. The number of esters is 1. The molecule has 8 nitrogen and oxygen atoms in total. The third-order valence-corrected chi connectivity index (χ3v) is 3.02. The Kier molecular flexibility index (Phi) is 6.44. The van der Waals surface area contributed by atoms with Crippen molar-refractivity contribution < 1.29 is 24.2 Å². The minimum absolute atomic E-state index is 0.0356. The first-order chi connectivity index (χ1) is 9.52. The molecule has 0 aliphatic heterocycles. The zero-order chi connectivity index (χ0) is 15.0. The van der Waals surface area contributed by atoms with Gasteiger partial charge >= 0.3 is 18.0 Å². The number of nitrogens with one attached hydrogen (secondary N) is 2. The highest BCUT2D eigenvalue weighted by atomic mass is 32.1. The Bertz CT molecular complexity index is 463.